The van der Waals surface area contributed by atoms with Crippen molar-refractivity contribution in [1.82, 2.24) is 4.98 Å². The molecular weight excluding hydrogens is 230 g/mol. The van der Waals surface area contributed by atoms with E-state index in [4.69, 9.17) is 4.42 Å². The first-order valence-corrected chi connectivity index (χ1v) is 6.55. The molecule has 2 rings (SSSR count). The minimum absolute atomic E-state index is 0.0473. The Morgan fingerprint density at radius 1 is 1.38 bits per heavy atom. The first-order valence-electron chi connectivity index (χ1n) is 4.73. The maximum atomic E-state index is 10.7. The Balaban J connectivity index is 2.05. The summed E-state index contributed by atoms with van der Waals surface area (Å²) in [6, 6.07) is 7.36. The Bertz CT molecular complexity index is 555. The van der Waals surface area contributed by atoms with Crippen LogP contribution >= 0.6 is 0 Å². The molecule has 1 aromatic carbocycles. The van der Waals surface area contributed by atoms with Gasteiger partial charge in [-0.3, -0.25) is 4.18 Å². The zero-order valence-corrected chi connectivity index (χ0v) is 9.53. The number of hydrogen-bond acceptors (Lipinski definition) is 5. The van der Waals surface area contributed by atoms with Gasteiger partial charge in [0.15, 0.2) is 11.5 Å². The van der Waals surface area contributed by atoms with Gasteiger partial charge in [0.05, 0.1) is 12.9 Å². The van der Waals surface area contributed by atoms with Crippen LogP contribution in [0.2, 0.25) is 0 Å². The molecule has 0 saturated heterocycles. The van der Waals surface area contributed by atoms with Crippen molar-refractivity contribution < 1.29 is 17.0 Å². The molecule has 0 aliphatic heterocycles. The van der Waals surface area contributed by atoms with Gasteiger partial charge >= 0.3 is 0 Å². The summed E-state index contributed by atoms with van der Waals surface area (Å²) in [4.78, 5) is 4.19. The molecule has 0 spiro atoms. The normalized spacial score (nSPS) is 12.1. The fraction of sp³-hybridized carbons (Fsp3) is 0.300. The highest BCUT2D eigenvalue weighted by atomic mass is 32.2. The Hall–Kier alpha value is -1.40. The largest absolute Gasteiger partial charge is 0.441 e. The molecule has 1 heterocycles. The van der Waals surface area contributed by atoms with Crippen LogP contribution in [0, 0.1) is 0 Å². The van der Waals surface area contributed by atoms with Gasteiger partial charge in [-0.15, -0.1) is 0 Å². The van der Waals surface area contributed by atoms with Crippen molar-refractivity contribution in [3.63, 3.8) is 0 Å². The van der Waals surface area contributed by atoms with Crippen LogP contribution in [0.5, 0.6) is 0 Å². The van der Waals surface area contributed by atoms with E-state index in [0.29, 0.717) is 17.9 Å². The number of fused-ring (bicyclic) bond motifs is 1. The number of para-hydroxylation sites is 2. The van der Waals surface area contributed by atoms with Gasteiger partial charge in [-0.25, -0.2) is 4.98 Å². The highest BCUT2D eigenvalue weighted by Gasteiger charge is 2.07. The lowest BCUT2D eigenvalue weighted by atomic mass is 10.3. The summed E-state index contributed by atoms with van der Waals surface area (Å²) in [5.74, 6) is 0.477. The third-order valence-electron chi connectivity index (χ3n) is 1.95. The number of nitrogens with zero attached hydrogens (tertiary/aromatic N) is 1. The number of rotatable bonds is 4. The van der Waals surface area contributed by atoms with Crippen LogP contribution in [0.1, 0.15) is 5.89 Å². The van der Waals surface area contributed by atoms with Gasteiger partial charge in [-0.1, -0.05) is 12.1 Å². The third kappa shape index (κ3) is 2.80. The lowest BCUT2D eigenvalue weighted by Crippen LogP contribution is -2.06. The van der Waals surface area contributed by atoms with Gasteiger partial charge in [0.25, 0.3) is 10.1 Å². The lowest BCUT2D eigenvalue weighted by molar-refractivity contribution is 0.313. The molecule has 0 aliphatic carbocycles. The smallest absolute Gasteiger partial charge is 0.264 e. The lowest BCUT2D eigenvalue weighted by Gasteiger charge is -1.96. The average Bonchev–Trinajstić information content (AvgIpc) is 2.57. The summed E-state index contributed by atoms with van der Waals surface area (Å²) in [5, 5.41) is 0. The van der Waals surface area contributed by atoms with Gasteiger partial charge in [0.2, 0.25) is 0 Å². The van der Waals surface area contributed by atoms with Crippen LogP contribution in [0.3, 0.4) is 0 Å². The fourth-order valence-corrected chi connectivity index (χ4v) is 1.69. The summed E-state index contributed by atoms with van der Waals surface area (Å²) in [7, 11) is -3.39. The monoisotopic (exact) mass is 241 g/mol. The van der Waals surface area contributed by atoms with E-state index in [1.54, 1.807) is 0 Å². The fourth-order valence-electron chi connectivity index (χ4n) is 1.31. The predicted octanol–water partition coefficient (Wildman–Crippen LogP) is 1.35. The van der Waals surface area contributed by atoms with Crippen LogP contribution < -0.4 is 0 Å². The SMILES string of the molecule is CS(=O)(=O)OCCc1nc2ccccc2o1. The van der Waals surface area contributed by atoms with Gasteiger partial charge < -0.3 is 4.42 Å². The summed E-state index contributed by atoms with van der Waals surface area (Å²) in [6.07, 6.45) is 1.35. The van der Waals surface area contributed by atoms with Gasteiger partial charge in [0, 0.05) is 6.42 Å². The Kier molecular flexibility index (Phi) is 2.93. The summed E-state index contributed by atoms with van der Waals surface area (Å²) in [6.45, 7) is 0.0473. The standard InChI is InChI=1S/C10H11NO4S/c1-16(12,13)14-7-6-10-11-8-4-2-3-5-9(8)15-10/h2-5H,6-7H2,1H3. The van der Waals surface area contributed by atoms with Crippen molar-refractivity contribution in [2.75, 3.05) is 12.9 Å². The number of aromatic nitrogens is 1. The van der Waals surface area contributed by atoms with Crippen molar-refractivity contribution in [3.8, 4) is 0 Å². The van der Waals surface area contributed by atoms with E-state index in [2.05, 4.69) is 9.17 Å². The molecular formula is C10H11NO4S. The molecule has 0 radical (unpaired) electrons. The maximum absolute atomic E-state index is 10.7. The molecule has 0 aliphatic rings. The number of hydrogen-bond donors (Lipinski definition) is 0. The summed E-state index contributed by atoms with van der Waals surface area (Å²) in [5.41, 5.74) is 1.45. The maximum Gasteiger partial charge on any atom is 0.264 e. The molecule has 1 aromatic heterocycles. The van der Waals surface area contributed by atoms with E-state index >= 15 is 0 Å². The highest BCUT2D eigenvalue weighted by molar-refractivity contribution is 7.85. The molecule has 5 nitrogen and oxygen atoms in total. The van der Waals surface area contributed by atoms with E-state index in [0.717, 1.165) is 11.8 Å². The molecule has 0 bridgehead atoms. The van der Waals surface area contributed by atoms with Gasteiger partial charge in [0.1, 0.15) is 5.52 Å². The Labute approximate surface area is 93.2 Å². The molecule has 0 atom stereocenters. The van der Waals surface area contributed by atoms with E-state index in [1.807, 2.05) is 24.3 Å². The topological polar surface area (TPSA) is 69.4 Å². The van der Waals surface area contributed by atoms with Crippen molar-refractivity contribution in [2.45, 2.75) is 6.42 Å². The molecule has 0 fully saturated rings. The van der Waals surface area contributed by atoms with Gasteiger partial charge in [-0.05, 0) is 12.1 Å². The summed E-state index contributed by atoms with van der Waals surface area (Å²) < 4.78 is 31.4. The van der Waals surface area contributed by atoms with Crippen LogP contribution in [0.25, 0.3) is 11.1 Å². The van der Waals surface area contributed by atoms with E-state index in [9.17, 15) is 8.42 Å². The van der Waals surface area contributed by atoms with Crippen molar-refractivity contribution in [2.24, 2.45) is 0 Å². The first-order chi connectivity index (χ1) is 7.54. The number of benzene rings is 1. The first kappa shape index (κ1) is 11.1. The second-order valence-corrected chi connectivity index (χ2v) is 5.00. The molecule has 0 saturated carbocycles. The molecule has 0 N–H and O–H groups in total. The second-order valence-electron chi connectivity index (χ2n) is 3.35. The zero-order chi connectivity index (χ0) is 11.6. The molecule has 6 heteroatoms. The highest BCUT2D eigenvalue weighted by Crippen LogP contribution is 2.14. The minimum Gasteiger partial charge on any atom is -0.441 e. The Morgan fingerprint density at radius 3 is 2.81 bits per heavy atom. The van der Waals surface area contributed by atoms with E-state index in [-0.39, 0.29) is 6.61 Å². The van der Waals surface area contributed by atoms with Crippen molar-refractivity contribution in [3.05, 3.63) is 30.2 Å². The van der Waals surface area contributed by atoms with E-state index in [1.165, 1.54) is 0 Å². The number of oxazole rings is 1. The van der Waals surface area contributed by atoms with E-state index < -0.39 is 10.1 Å². The quantitative estimate of drug-likeness (QED) is 0.756. The van der Waals surface area contributed by atoms with Crippen molar-refractivity contribution >= 4 is 21.2 Å². The van der Waals surface area contributed by atoms with Crippen LogP contribution in [0.15, 0.2) is 28.7 Å². The zero-order valence-electron chi connectivity index (χ0n) is 8.71. The molecule has 0 unspecified atom stereocenters. The molecule has 86 valence electrons. The minimum atomic E-state index is -3.39. The summed E-state index contributed by atoms with van der Waals surface area (Å²) >= 11 is 0. The van der Waals surface area contributed by atoms with Crippen molar-refractivity contribution in [1.29, 1.82) is 0 Å². The molecule has 0 amide bonds. The molecule has 2 aromatic rings. The van der Waals surface area contributed by atoms with Crippen LogP contribution in [0.4, 0.5) is 0 Å². The third-order valence-corrected chi connectivity index (χ3v) is 2.55. The van der Waals surface area contributed by atoms with Crippen LogP contribution in [-0.2, 0) is 20.7 Å². The Morgan fingerprint density at radius 2 is 2.12 bits per heavy atom. The van der Waals surface area contributed by atoms with Crippen LogP contribution in [-0.4, -0.2) is 26.3 Å². The molecule has 16 heavy (non-hydrogen) atoms. The van der Waals surface area contributed by atoms with Gasteiger partial charge in [-0.2, -0.15) is 8.42 Å². The second kappa shape index (κ2) is 4.23. The average molecular weight is 241 g/mol. The predicted molar refractivity (Wildman–Crippen MR) is 58.5 cm³/mol.